The lowest BCUT2D eigenvalue weighted by Gasteiger charge is -2.10. The summed E-state index contributed by atoms with van der Waals surface area (Å²) >= 11 is 0. The van der Waals surface area contributed by atoms with Gasteiger partial charge in [-0.25, -0.2) is 4.79 Å². The van der Waals surface area contributed by atoms with E-state index in [4.69, 9.17) is 15.3 Å². The molecule has 12 heavy (non-hydrogen) atoms. The van der Waals surface area contributed by atoms with Gasteiger partial charge in [-0.3, -0.25) is 0 Å². The molecule has 6 heteroatoms. The summed E-state index contributed by atoms with van der Waals surface area (Å²) in [4.78, 5) is 10.7. The van der Waals surface area contributed by atoms with Gasteiger partial charge in [0.1, 0.15) is 12.2 Å². The Morgan fingerprint density at radius 2 is 1.83 bits per heavy atom. The Kier molecular flexibility index (Phi) is 1.58. The highest BCUT2D eigenvalue weighted by Gasteiger charge is 2.56. The van der Waals surface area contributed by atoms with Crippen molar-refractivity contribution in [3.05, 3.63) is 0 Å². The average molecular weight is 176 g/mol. The third-order valence-electron chi connectivity index (χ3n) is 2.05. The molecule has 0 aliphatic carbocycles. The molecule has 2 aliphatic rings. The first-order valence-electron chi connectivity index (χ1n) is 3.51. The zero-order valence-electron chi connectivity index (χ0n) is 5.95. The first-order chi connectivity index (χ1) is 5.61. The summed E-state index contributed by atoms with van der Waals surface area (Å²) in [6, 6.07) is 0. The third-order valence-corrected chi connectivity index (χ3v) is 2.05. The SMILES string of the molecule is O=C1O[C@H]2[C@H](O)C(O)O[C@H]2C1O. The van der Waals surface area contributed by atoms with Crippen molar-refractivity contribution in [2.24, 2.45) is 0 Å². The van der Waals surface area contributed by atoms with Crippen LogP contribution in [0.2, 0.25) is 0 Å². The minimum Gasteiger partial charge on any atom is -0.454 e. The maximum atomic E-state index is 10.7. The van der Waals surface area contributed by atoms with Gasteiger partial charge < -0.3 is 24.8 Å². The van der Waals surface area contributed by atoms with Crippen molar-refractivity contribution >= 4 is 5.97 Å². The molecule has 0 radical (unpaired) electrons. The molecule has 0 amide bonds. The molecule has 68 valence electrons. The Hall–Kier alpha value is -0.690. The summed E-state index contributed by atoms with van der Waals surface area (Å²) in [5, 5.41) is 27.2. The van der Waals surface area contributed by atoms with E-state index in [1.807, 2.05) is 0 Å². The topological polar surface area (TPSA) is 96.2 Å². The molecule has 2 aliphatic heterocycles. The molecule has 0 bridgehead atoms. The van der Waals surface area contributed by atoms with Gasteiger partial charge >= 0.3 is 5.97 Å². The van der Waals surface area contributed by atoms with Crippen molar-refractivity contribution in [3.8, 4) is 0 Å². The van der Waals surface area contributed by atoms with E-state index < -0.39 is 36.7 Å². The van der Waals surface area contributed by atoms with Gasteiger partial charge in [0, 0.05) is 0 Å². The Morgan fingerprint density at radius 1 is 1.17 bits per heavy atom. The molecule has 2 fully saturated rings. The number of aliphatic hydroxyl groups excluding tert-OH is 3. The fourth-order valence-corrected chi connectivity index (χ4v) is 1.40. The zero-order chi connectivity index (χ0) is 8.88. The van der Waals surface area contributed by atoms with Crippen LogP contribution in [0.5, 0.6) is 0 Å². The van der Waals surface area contributed by atoms with E-state index in [0.717, 1.165) is 0 Å². The summed E-state index contributed by atoms with van der Waals surface area (Å²) in [6.07, 6.45) is -5.94. The number of hydrogen-bond donors (Lipinski definition) is 3. The molecule has 0 aromatic rings. The first kappa shape index (κ1) is 7.93. The van der Waals surface area contributed by atoms with Crippen molar-refractivity contribution in [2.45, 2.75) is 30.7 Å². The monoisotopic (exact) mass is 176 g/mol. The maximum Gasteiger partial charge on any atom is 0.338 e. The highest BCUT2D eigenvalue weighted by atomic mass is 16.7. The van der Waals surface area contributed by atoms with E-state index in [1.165, 1.54) is 0 Å². The third kappa shape index (κ3) is 0.862. The van der Waals surface area contributed by atoms with E-state index in [0.29, 0.717) is 0 Å². The number of carbonyl (C=O) groups is 1. The van der Waals surface area contributed by atoms with Crippen molar-refractivity contribution in [2.75, 3.05) is 0 Å². The van der Waals surface area contributed by atoms with Gasteiger partial charge in [-0.1, -0.05) is 0 Å². The summed E-state index contributed by atoms with van der Waals surface area (Å²) in [6.45, 7) is 0. The van der Waals surface area contributed by atoms with E-state index >= 15 is 0 Å². The predicted molar refractivity (Wildman–Crippen MR) is 32.8 cm³/mol. The quantitative estimate of drug-likeness (QED) is 0.349. The Balaban J connectivity index is 2.19. The van der Waals surface area contributed by atoms with Gasteiger partial charge in [0.05, 0.1) is 0 Å². The van der Waals surface area contributed by atoms with Crippen LogP contribution in [-0.2, 0) is 14.3 Å². The van der Waals surface area contributed by atoms with Crippen LogP contribution in [0.25, 0.3) is 0 Å². The Labute approximate surface area is 67.3 Å². The lowest BCUT2D eigenvalue weighted by molar-refractivity contribution is -0.168. The van der Waals surface area contributed by atoms with Gasteiger partial charge in [0.2, 0.25) is 0 Å². The standard InChI is InChI=1S/C6H8O6/c7-1-3-4(12-5(1)9)2(8)6(10)11-3/h1-5,7-9H/t1-,2?,3-,4-,5?/m0/s1. The van der Waals surface area contributed by atoms with Crippen molar-refractivity contribution in [1.29, 1.82) is 0 Å². The summed E-state index contributed by atoms with van der Waals surface area (Å²) < 4.78 is 9.25. The molecular weight excluding hydrogens is 168 g/mol. The molecule has 6 nitrogen and oxygen atoms in total. The Bertz CT molecular complexity index is 216. The van der Waals surface area contributed by atoms with E-state index in [2.05, 4.69) is 9.47 Å². The normalized spacial score (nSPS) is 52.2. The number of ether oxygens (including phenoxy) is 2. The molecule has 5 atom stereocenters. The number of aliphatic hydroxyl groups is 3. The number of hydrogen-bond acceptors (Lipinski definition) is 6. The second-order valence-electron chi connectivity index (χ2n) is 2.83. The van der Waals surface area contributed by atoms with Gasteiger partial charge in [-0.05, 0) is 0 Å². The summed E-state index contributed by atoms with van der Waals surface area (Å²) in [5.74, 6) is -0.823. The first-order valence-corrected chi connectivity index (χ1v) is 3.51. The number of esters is 1. The van der Waals surface area contributed by atoms with Crippen LogP contribution in [0.1, 0.15) is 0 Å². The molecular formula is C6H8O6. The van der Waals surface area contributed by atoms with Crippen molar-refractivity contribution in [1.82, 2.24) is 0 Å². The summed E-state index contributed by atoms with van der Waals surface area (Å²) in [5.41, 5.74) is 0. The van der Waals surface area contributed by atoms with Crippen LogP contribution in [-0.4, -0.2) is 52.0 Å². The molecule has 2 heterocycles. The number of fused-ring (bicyclic) bond motifs is 1. The second kappa shape index (κ2) is 2.40. The van der Waals surface area contributed by atoms with Gasteiger partial charge in [0.15, 0.2) is 18.5 Å². The van der Waals surface area contributed by atoms with Crippen molar-refractivity contribution < 1.29 is 29.6 Å². The summed E-state index contributed by atoms with van der Waals surface area (Å²) in [7, 11) is 0. The lowest BCUT2D eigenvalue weighted by Crippen LogP contribution is -2.32. The molecule has 0 aromatic heterocycles. The number of rotatable bonds is 0. The van der Waals surface area contributed by atoms with Crippen molar-refractivity contribution in [3.63, 3.8) is 0 Å². The fourth-order valence-electron chi connectivity index (χ4n) is 1.40. The maximum absolute atomic E-state index is 10.7. The lowest BCUT2D eigenvalue weighted by atomic mass is 10.1. The van der Waals surface area contributed by atoms with Crippen LogP contribution in [0.4, 0.5) is 0 Å². The van der Waals surface area contributed by atoms with Crippen LogP contribution in [0, 0.1) is 0 Å². The average Bonchev–Trinajstić information content (AvgIpc) is 2.43. The second-order valence-corrected chi connectivity index (χ2v) is 2.83. The van der Waals surface area contributed by atoms with Gasteiger partial charge in [-0.15, -0.1) is 0 Å². The van der Waals surface area contributed by atoms with E-state index in [-0.39, 0.29) is 0 Å². The van der Waals surface area contributed by atoms with E-state index in [9.17, 15) is 4.79 Å². The molecule has 0 aromatic carbocycles. The van der Waals surface area contributed by atoms with Crippen LogP contribution >= 0.6 is 0 Å². The molecule has 0 saturated carbocycles. The molecule has 2 rings (SSSR count). The highest BCUT2D eigenvalue weighted by molar-refractivity contribution is 5.78. The van der Waals surface area contributed by atoms with Gasteiger partial charge in [-0.2, -0.15) is 0 Å². The number of carbonyl (C=O) groups excluding carboxylic acids is 1. The Morgan fingerprint density at radius 3 is 2.42 bits per heavy atom. The predicted octanol–water partition coefficient (Wildman–Crippen LogP) is -2.65. The fraction of sp³-hybridized carbons (Fsp3) is 0.833. The molecule has 2 unspecified atom stereocenters. The largest absolute Gasteiger partial charge is 0.454 e. The van der Waals surface area contributed by atoms with E-state index in [1.54, 1.807) is 0 Å². The minimum absolute atomic E-state index is 0.823. The molecule has 0 spiro atoms. The van der Waals surface area contributed by atoms with Crippen LogP contribution in [0.15, 0.2) is 0 Å². The molecule has 2 saturated heterocycles. The van der Waals surface area contributed by atoms with Crippen LogP contribution in [0.3, 0.4) is 0 Å². The molecule has 3 N–H and O–H groups in total. The highest BCUT2D eigenvalue weighted by Crippen LogP contribution is 2.30. The minimum atomic E-state index is -1.40. The smallest absolute Gasteiger partial charge is 0.338 e. The van der Waals surface area contributed by atoms with Crippen LogP contribution < -0.4 is 0 Å². The zero-order valence-corrected chi connectivity index (χ0v) is 5.95. The van der Waals surface area contributed by atoms with Gasteiger partial charge in [0.25, 0.3) is 0 Å².